The van der Waals surface area contributed by atoms with Gasteiger partial charge in [0.2, 0.25) is 0 Å². The molecule has 152 valence electrons. The summed E-state index contributed by atoms with van der Waals surface area (Å²) in [6, 6.07) is 9.28. The smallest absolute Gasteiger partial charge is 0.261 e. The van der Waals surface area contributed by atoms with Crippen LogP contribution in [0.3, 0.4) is 0 Å². The van der Waals surface area contributed by atoms with Gasteiger partial charge in [0.05, 0.1) is 18.2 Å². The molecule has 1 aliphatic carbocycles. The van der Waals surface area contributed by atoms with Crippen LogP contribution in [0.5, 0.6) is 5.75 Å². The molecule has 1 aromatic carbocycles. The molecule has 5 nitrogen and oxygen atoms in total. The van der Waals surface area contributed by atoms with E-state index in [0.717, 1.165) is 24.8 Å². The van der Waals surface area contributed by atoms with Crippen LogP contribution in [-0.2, 0) is 12.8 Å². The van der Waals surface area contributed by atoms with Crippen molar-refractivity contribution in [3.05, 3.63) is 45.8 Å². The number of thiocarbonyl (C=S) groups is 1. The summed E-state index contributed by atoms with van der Waals surface area (Å²) in [5, 5.41) is 16.3. The maximum absolute atomic E-state index is 12.5. The van der Waals surface area contributed by atoms with E-state index in [1.165, 1.54) is 12.0 Å². The summed E-state index contributed by atoms with van der Waals surface area (Å²) >= 11 is 6.90. The highest BCUT2D eigenvalue weighted by molar-refractivity contribution is 7.80. The highest BCUT2D eigenvalue weighted by Crippen LogP contribution is 2.43. The molecule has 7 heteroatoms. The molecule has 1 aliphatic rings. The Kier molecular flexibility index (Phi) is 6.25. The maximum Gasteiger partial charge on any atom is 0.261 e. The van der Waals surface area contributed by atoms with Crippen molar-refractivity contribution in [1.29, 1.82) is 5.26 Å². The van der Waals surface area contributed by atoms with Crippen molar-refractivity contribution in [1.82, 2.24) is 5.32 Å². The zero-order valence-corrected chi connectivity index (χ0v) is 18.7. The number of benzene rings is 1. The van der Waals surface area contributed by atoms with Crippen molar-refractivity contribution in [3.63, 3.8) is 0 Å². The highest BCUT2D eigenvalue weighted by atomic mass is 32.1. The summed E-state index contributed by atoms with van der Waals surface area (Å²) in [6.45, 7) is 6.80. The van der Waals surface area contributed by atoms with Crippen LogP contribution in [0.15, 0.2) is 24.3 Å². The van der Waals surface area contributed by atoms with Gasteiger partial charge in [0, 0.05) is 4.88 Å². The quantitative estimate of drug-likeness (QED) is 0.681. The number of methoxy groups -OCH3 is 1. The molecule has 3 rings (SSSR count). The molecule has 0 aliphatic heterocycles. The fourth-order valence-corrected chi connectivity index (χ4v) is 5.21. The molecule has 0 radical (unpaired) electrons. The minimum Gasteiger partial charge on any atom is -0.496 e. The van der Waals surface area contributed by atoms with Crippen LogP contribution in [0.25, 0.3) is 0 Å². The van der Waals surface area contributed by atoms with Crippen LogP contribution in [0.1, 0.15) is 53.6 Å². The normalized spacial score (nSPS) is 15.8. The number of hydrogen-bond donors (Lipinski definition) is 2. The molecule has 0 spiro atoms. The summed E-state index contributed by atoms with van der Waals surface area (Å²) in [5.41, 5.74) is 2.41. The van der Waals surface area contributed by atoms with E-state index in [1.807, 2.05) is 0 Å². The topological polar surface area (TPSA) is 74.2 Å². The molecule has 2 aromatic rings. The van der Waals surface area contributed by atoms with Crippen molar-refractivity contribution in [2.75, 3.05) is 12.4 Å². The first-order valence-electron chi connectivity index (χ1n) is 9.54. The van der Waals surface area contributed by atoms with E-state index < -0.39 is 0 Å². The Hall–Kier alpha value is -2.43. The van der Waals surface area contributed by atoms with Crippen LogP contribution < -0.4 is 15.4 Å². The standard InChI is InChI=1S/C22H25N3O2S2/c1-22(2,3)13-9-10-14-16(12-23)20(29-18(14)11-13)25-21(28)24-19(26)15-7-5-6-8-17(15)27-4/h5-8,13H,9-11H2,1-4H3,(H2,24,25,26,28)/t13-/m1/s1. The van der Waals surface area contributed by atoms with Gasteiger partial charge in [-0.2, -0.15) is 5.26 Å². The Bertz CT molecular complexity index is 983. The molecule has 1 amide bonds. The molecule has 2 N–H and O–H groups in total. The number of nitriles is 1. The van der Waals surface area contributed by atoms with Gasteiger partial charge in [-0.05, 0) is 60.5 Å². The molecule has 0 fully saturated rings. The molecule has 0 saturated heterocycles. The number of carbonyl (C=O) groups is 1. The van der Waals surface area contributed by atoms with Gasteiger partial charge in [0.15, 0.2) is 5.11 Å². The summed E-state index contributed by atoms with van der Waals surface area (Å²) in [4.78, 5) is 13.8. The third-order valence-corrected chi connectivity index (χ3v) is 6.78. The highest BCUT2D eigenvalue weighted by Gasteiger charge is 2.32. The Morgan fingerprint density at radius 3 is 2.72 bits per heavy atom. The zero-order valence-electron chi connectivity index (χ0n) is 17.1. The molecule has 1 aromatic heterocycles. The van der Waals surface area contributed by atoms with Crippen molar-refractivity contribution in [2.24, 2.45) is 11.3 Å². The molecule has 1 atom stereocenters. The summed E-state index contributed by atoms with van der Waals surface area (Å²) in [6.07, 6.45) is 2.95. The number of thiophene rings is 1. The predicted octanol–water partition coefficient (Wildman–Crippen LogP) is 4.91. The first-order valence-corrected chi connectivity index (χ1v) is 10.8. The minimum atomic E-state index is -0.354. The van der Waals surface area contributed by atoms with Crippen LogP contribution in [-0.4, -0.2) is 18.1 Å². The molecule has 29 heavy (non-hydrogen) atoms. The lowest BCUT2D eigenvalue weighted by Gasteiger charge is -2.33. The van der Waals surface area contributed by atoms with Gasteiger partial charge in [-0.15, -0.1) is 11.3 Å². The number of rotatable bonds is 3. The first kappa shape index (κ1) is 21.3. The SMILES string of the molecule is COc1ccccc1C(=O)NC(=S)Nc1sc2c(c1C#N)CC[C@@H](C(C)(C)C)C2. The van der Waals surface area contributed by atoms with Gasteiger partial charge < -0.3 is 10.1 Å². The van der Waals surface area contributed by atoms with Gasteiger partial charge in [0.25, 0.3) is 5.91 Å². The van der Waals surface area contributed by atoms with E-state index in [1.54, 1.807) is 35.6 Å². The third-order valence-electron chi connectivity index (χ3n) is 5.41. The number of nitrogens with zero attached hydrogens (tertiary/aromatic N) is 1. The maximum atomic E-state index is 12.5. The van der Waals surface area contributed by atoms with Crippen LogP contribution in [0, 0.1) is 22.7 Å². The van der Waals surface area contributed by atoms with E-state index in [-0.39, 0.29) is 16.4 Å². The van der Waals surface area contributed by atoms with E-state index in [4.69, 9.17) is 17.0 Å². The second-order valence-corrected chi connectivity index (χ2v) is 9.75. The molecule has 0 saturated carbocycles. The Labute approximate surface area is 181 Å². The van der Waals surface area contributed by atoms with Crippen molar-refractivity contribution in [3.8, 4) is 11.8 Å². The lowest BCUT2D eigenvalue weighted by Crippen LogP contribution is -2.34. The zero-order chi connectivity index (χ0) is 21.2. The molecular formula is C22H25N3O2S2. The molecule has 0 unspecified atom stereocenters. The number of fused-ring (bicyclic) bond motifs is 1. The second-order valence-electron chi connectivity index (χ2n) is 8.23. The number of hydrogen-bond acceptors (Lipinski definition) is 5. The number of carbonyl (C=O) groups excluding carboxylic acids is 1. The van der Waals surface area contributed by atoms with E-state index in [0.29, 0.717) is 27.8 Å². The van der Waals surface area contributed by atoms with Crippen molar-refractivity contribution in [2.45, 2.75) is 40.0 Å². The van der Waals surface area contributed by atoms with Gasteiger partial charge >= 0.3 is 0 Å². The van der Waals surface area contributed by atoms with Crippen molar-refractivity contribution >= 4 is 39.6 Å². The molecule has 1 heterocycles. The van der Waals surface area contributed by atoms with Gasteiger partial charge in [-0.25, -0.2) is 0 Å². The van der Waals surface area contributed by atoms with E-state index in [9.17, 15) is 10.1 Å². The van der Waals surface area contributed by atoms with Crippen LogP contribution >= 0.6 is 23.6 Å². The Balaban J connectivity index is 1.75. The van der Waals surface area contributed by atoms with Gasteiger partial charge in [-0.3, -0.25) is 10.1 Å². The molecule has 0 bridgehead atoms. The predicted molar refractivity (Wildman–Crippen MR) is 121 cm³/mol. The summed E-state index contributed by atoms with van der Waals surface area (Å²) in [7, 11) is 1.52. The lowest BCUT2D eigenvalue weighted by molar-refractivity contribution is 0.0975. The van der Waals surface area contributed by atoms with E-state index in [2.05, 4.69) is 37.5 Å². The lowest BCUT2D eigenvalue weighted by atomic mass is 9.72. The van der Waals surface area contributed by atoms with Gasteiger partial charge in [-0.1, -0.05) is 32.9 Å². The number of nitrogens with one attached hydrogen (secondary N) is 2. The summed E-state index contributed by atoms with van der Waals surface area (Å²) < 4.78 is 5.23. The van der Waals surface area contributed by atoms with Gasteiger partial charge in [0.1, 0.15) is 16.8 Å². The van der Waals surface area contributed by atoms with Crippen LogP contribution in [0.4, 0.5) is 5.00 Å². The Morgan fingerprint density at radius 1 is 1.34 bits per heavy atom. The molecular weight excluding hydrogens is 402 g/mol. The largest absolute Gasteiger partial charge is 0.496 e. The van der Waals surface area contributed by atoms with Crippen LogP contribution in [0.2, 0.25) is 0 Å². The average Bonchev–Trinajstić information content (AvgIpc) is 3.02. The van der Waals surface area contributed by atoms with Crippen molar-refractivity contribution < 1.29 is 9.53 Å². The second kappa shape index (κ2) is 8.52. The monoisotopic (exact) mass is 427 g/mol. The number of anilines is 1. The first-order chi connectivity index (χ1) is 13.7. The van der Waals surface area contributed by atoms with E-state index >= 15 is 0 Å². The number of amides is 1. The summed E-state index contributed by atoms with van der Waals surface area (Å²) in [5.74, 6) is 0.711. The number of ether oxygens (including phenoxy) is 1. The third kappa shape index (κ3) is 4.60. The minimum absolute atomic E-state index is 0.170. The fourth-order valence-electron chi connectivity index (χ4n) is 3.67. The Morgan fingerprint density at radius 2 is 2.07 bits per heavy atom. The fraction of sp³-hybridized carbons (Fsp3) is 0.409. The number of para-hydroxylation sites is 1. The average molecular weight is 428 g/mol.